The summed E-state index contributed by atoms with van der Waals surface area (Å²) >= 11 is 0. The van der Waals surface area contributed by atoms with Crippen LogP contribution in [0.5, 0.6) is 0 Å². The molecule has 4 aromatic rings. The summed E-state index contributed by atoms with van der Waals surface area (Å²) < 4.78 is 11.2. The number of hydrogen-bond donors (Lipinski definition) is 3. The summed E-state index contributed by atoms with van der Waals surface area (Å²) in [5.74, 6) is -1.76. The number of nitrogens with one attached hydrogen (secondary N) is 2. The summed E-state index contributed by atoms with van der Waals surface area (Å²) in [5.41, 5.74) is 6.26. The lowest BCUT2D eigenvalue weighted by atomic mass is 9.98. The highest BCUT2D eigenvalue weighted by molar-refractivity contribution is 5.86. The van der Waals surface area contributed by atoms with Crippen molar-refractivity contribution in [2.75, 3.05) is 11.9 Å². The molecule has 0 saturated heterocycles. The molecule has 1 aromatic heterocycles. The number of carbonyl (C=O) groups is 3. The highest BCUT2D eigenvalue weighted by Gasteiger charge is 2.29. The number of pyridine rings is 1. The predicted octanol–water partition coefficient (Wildman–Crippen LogP) is 5.16. The number of ether oxygens (including phenoxy) is 2. The van der Waals surface area contributed by atoms with Crippen molar-refractivity contribution in [2.45, 2.75) is 38.0 Å². The van der Waals surface area contributed by atoms with Gasteiger partial charge in [0.1, 0.15) is 6.61 Å². The molecule has 1 aliphatic rings. The van der Waals surface area contributed by atoms with Gasteiger partial charge >= 0.3 is 12.1 Å². The van der Waals surface area contributed by atoms with E-state index in [2.05, 4.69) is 39.9 Å². The molecule has 1 aliphatic carbocycles. The number of hydrogen-bond acceptors (Lipinski definition) is 6. The molecule has 214 valence electrons. The van der Waals surface area contributed by atoms with Crippen LogP contribution >= 0.6 is 0 Å². The number of carboxylic acids is 1. The van der Waals surface area contributed by atoms with Crippen molar-refractivity contribution in [3.63, 3.8) is 0 Å². The van der Waals surface area contributed by atoms with Crippen molar-refractivity contribution in [2.24, 2.45) is 0 Å². The van der Waals surface area contributed by atoms with Gasteiger partial charge in [-0.1, -0.05) is 78.9 Å². The van der Waals surface area contributed by atoms with E-state index in [0.29, 0.717) is 11.4 Å². The molecule has 0 fully saturated rings. The first kappa shape index (κ1) is 28.5. The maximum Gasteiger partial charge on any atom is 0.411 e. The fourth-order valence-electron chi connectivity index (χ4n) is 5.02. The van der Waals surface area contributed by atoms with Gasteiger partial charge in [0, 0.05) is 11.6 Å². The molecule has 5 rings (SSSR count). The number of benzene rings is 3. The summed E-state index contributed by atoms with van der Waals surface area (Å²) in [4.78, 5) is 41.2. The van der Waals surface area contributed by atoms with Gasteiger partial charge in [-0.15, -0.1) is 0 Å². The van der Waals surface area contributed by atoms with Gasteiger partial charge in [-0.3, -0.25) is 15.1 Å². The number of fused-ring (bicyclic) bond motifs is 3. The lowest BCUT2D eigenvalue weighted by Gasteiger charge is -2.22. The molecule has 0 unspecified atom stereocenters. The van der Waals surface area contributed by atoms with Gasteiger partial charge < -0.3 is 19.9 Å². The normalized spacial score (nSPS) is 13.4. The summed E-state index contributed by atoms with van der Waals surface area (Å²) in [6, 6.07) is 27.5. The molecule has 1 heterocycles. The second-order valence-electron chi connectivity index (χ2n) is 10.1. The van der Waals surface area contributed by atoms with Crippen LogP contribution in [0.4, 0.5) is 10.5 Å². The van der Waals surface area contributed by atoms with Gasteiger partial charge in [0.25, 0.3) is 0 Å². The summed E-state index contributed by atoms with van der Waals surface area (Å²) in [6.45, 7) is 2.01. The van der Waals surface area contributed by atoms with E-state index in [1.807, 2.05) is 54.6 Å². The number of anilines is 1. The largest absolute Gasteiger partial charge is 0.480 e. The first-order valence-electron chi connectivity index (χ1n) is 13.6. The third-order valence-corrected chi connectivity index (χ3v) is 7.16. The lowest BCUT2D eigenvalue weighted by molar-refractivity contribution is -0.146. The third kappa shape index (κ3) is 6.82. The Hall–Kier alpha value is -5.02. The number of carbonyl (C=O) groups excluding carboxylic acids is 2. The Morgan fingerprint density at radius 3 is 2.14 bits per heavy atom. The van der Waals surface area contributed by atoms with E-state index in [-0.39, 0.29) is 25.6 Å². The minimum absolute atomic E-state index is 0.0525. The lowest BCUT2D eigenvalue weighted by Crippen LogP contribution is -2.49. The third-order valence-electron chi connectivity index (χ3n) is 7.16. The number of nitrogens with zero attached hydrogens (tertiary/aromatic N) is 1. The molecular weight excluding hydrogens is 534 g/mol. The standard InChI is InChI=1S/C33H31N3O6/c1-21(41-19-22-9-3-2-4-10-22)31(32(38)39)36-30(37)17-23-15-16-24(18-34-23)35-33(40)42-20-29-27-13-7-5-11-25(27)26-12-6-8-14-28(26)29/h2-16,18,21,29,31H,17,19-20H2,1H3,(H,35,40)(H,36,37)(H,38,39)/t21-,31+/m1/s1. The van der Waals surface area contributed by atoms with Crippen molar-refractivity contribution in [3.05, 3.63) is 120 Å². The van der Waals surface area contributed by atoms with E-state index in [4.69, 9.17) is 9.47 Å². The second kappa shape index (κ2) is 13.1. The molecule has 9 nitrogen and oxygen atoms in total. The summed E-state index contributed by atoms with van der Waals surface area (Å²) in [5, 5.41) is 14.8. The SMILES string of the molecule is C[C@@H](OCc1ccccc1)[C@H](NC(=O)Cc1ccc(NC(=O)OCC2c3ccccc3-c3ccccc32)cn1)C(=O)O. The van der Waals surface area contributed by atoms with E-state index >= 15 is 0 Å². The Balaban J connectivity index is 1.11. The quantitative estimate of drug-likeness (QED) is 0.229. The molecule has 42 heavy (non-hydrogen) atoms. The molecule has 0 aliphatic heterocycles. The van der Waals surface area contributed by atoms with Crippen LogP contribution in [0, 0.1) is 0 Å². The highest BCUT2D eigenvalue weighted by Crippen LogP contribution is 2.44. The maximum absolute atomic E-state index is 12.6. The van der Waals surface area contributed by atoms with Crippen LogP contribution in [0.15, 0.2) is 97.2 Å². The number of aromatic nitrogens is 1. The molecule has 9 heteroatoms. The van der Waals surface area contributed by atoms with Crippen LogP contribution < -0.4 is 10.6 Å². The molecule has 2 amide bonds. The fraction of sp³-hybridized carbons (Fsp3) is 0.212. The van der Waals surface area contributed by atoms with Crippen LogP contribution in [0.25, 0.3) is 11.1 Å². The van der Waals surface area contributed by atoms with E-state index < -0.39 is 30.1 Å². The van der Waals surface area contributed by atoms with Crippen molar-refractivity contribution < 1.29 is 29.0 Å². The first-order chi connectivity index (χ1) is 20.4. The molecule has 0 bridgehead atoms. The summed E-state index contributed by atoms with van der Waals surface area (Å²) in [7, 11) is 0. The zero-order chi connectivity index (χ0) is 29.5. The number of aliphatic carboxylic acids is 1. The topological polar surface area (TPSA) is 127 Å². The van der Waals surface area contributed by atoms with Crippen LogP contribution in [-0.2, 0) is 32.1 Å². The Morgan fingerprint density at radius 1 is 0.881 bits per heavy atom. The number of carboxylic acid groups (broad SMARTS) is 1. The van der Waals surface area contributed by atoms with Gasteiger partial charge in [-0.05, 0) is 46.9 Å². The zero-order valence-corrected chi connectivity index (χ0v) is 23.0. The Labute approximate surface area is 243 Å². The van der Waals surface area contributed by atoms with Crippen LogP contribution in [0.3, 0.4) is 0 Å². The van der Waals surface area contributed by atoms with Gasteiger partial charge in [0.15, 0.2) is 6.04 Å². The zero-order valence-electron chi connectivity index (χ0n) is 23.0. The second-order valence-corrected chi connectivity index (χ2v) is 10.1. The average Bonchev–Trinajstić information content (AvgIpc) is 3.32. The van der Waals surface area contributed by atoms with Crippen molar-refractivity contribution in [1.82, 2.24) is 10.3 Å². The molecule has 0 saturated carbocycles. The van der Waals surface area contributed by atoms with Crippen LogP contribution in [0.1, 0.15) is 35.2 Å². The smallest absolute Gasteiger partial charge is 0.411 e. The Morgan fingerprint density at radius 2 is 1.52 bits per heavy atom. The Bertz CT molecular complexity index is 1510. The van der Waals surface area contributed by atoms with Gasteiger partial charge in [-0.2, -0.15) is 0 Å². The Kier molecular flexibility index (Phi) is 8.89. The fourth-order valence-corrected chi connectivity index (χ4v) is 5.02. The van der Waals surface area contributed by atoms with Gasteiger partial charge in [0.05, 0.1) is 31.0 Å². The number of amides is 2. The van der Waals surface area contributed by atoms with Crippen LogP contribution in [-0.4, -0.2) is 46.8 Å². The van der Waals surface area contributed by atoms with Gasteiger partial charge in [0.2, 0.25) is 5.91 Å². The maximum atomic E-state index is 12.6. The van der Waals surface area contributed by atoms with Crippen molar-refractivity contribution in [1.29, 1.82) is 0 Å². The van der Waals surface area contributed by atoms with E-state index in [1.54, 1.807) is 19.1 Å². The molecule has 3 N–H and O–H groups in total. The first-order valence-corrected chi connectivity index (χ1v) is 13.6. The monoisotopic (exact) mass is 565 g/mol. The minimum atomic E-state index is -1.23. The van der Waals surface area contributed by atoms with E-state index in [9.17, 15) is 19.5 Å². The average molecular weight is 566 g/mol. The molecular formula is C33H31N3O6. The predicted molar refractivity (Wildman–Crippen MR) is 157 cm³/mol. The molecule has 0 radical (unpaired) electrons. The molecule has 0 spiro atoms. The van der Waals surface area contributed by atoms with E-state index in [0.717, 1.165) is 27.8 Å². The molecule has 3 aromatic carbocycles. The highest BCUT2D eigenvalue weighted by atomic mass is 16.5. The van der Waals surface area contributed by atoms with Crippen LogP contribution in [0.2, 0.25) is 0 Å². The van der Waals surface area contributed by atoms with Gasteiger partial charge in [-0.25, -0.2) is 9.59 Å². The summed E-state index contributed by atoms with van der Waals surface area (Å²) in [6.07, 6.45) is -0.0913. The van der Waals surface area contributed by atoms with E-state index in [1.165, 1.54) is 6.20 Å². The number of rotatable bonds is 11. The molecule has 2 atom stereocenters. The minimum Gasteiger partial charge on any atom is -0.480 e. The van der Waals surface area contributed by atoms with Crippen molar-refractivity contribution >= 4 is 23.7 Å². The van der Waals surface area contributed by atoms with Crippen molar-refractivity contribution in [3.8, 4) is 11.1 Å².